The van der Waals surface area contributed by atoms with Gasteiger partial charge in [-0.3, -0.25) is 9.59 Å². The highest BCUT2D eigenvalue weighted by atomic mass is 16.5. The molecule has 0 radical (unpaired) electrons. The second kappa shape index (κ2) is 4.52. The van der Waals surface area contributed by atoms with Crippen LogP contribution in [0, 0.1) is 12.8 Å². The van der Waals surface area contributed by atoms with Crippen molar-refractivity contribution >= 4 is 23.3 Å². The fourth-order valence-corrected chi connectivity index (χ4v) is 2.53. The van der Waals surface area contributed by atoms with Gasteiger partial charge in [-0.1, -0.05) is 0 Å². The van der Waals surface area contributed by atoms with E-state index >= 15 is 0 Å². The molecule has 21 heavy (non-hydrogen) atoms. The molecule has 0 aromatic carbocycles. The normalized spacial score (nSPS) is 20.9. The summed E-state index contributed by atoms with van der Waals surface area (Å²) < 4.78 is 6.52. The van der Waals surface area contributed by atoms with Crippen molar-refractivity contribution in [1.82, 2.24) is 14.9 Å². The van der Waals surface area contributed by atoms with Crippen molar-refractivity contribution in [3.05, 3.63) is 22.9 Å². The molecule has 8 heteroatoms. The van der Waals surface area contributed by atoms with Crippen LogP contribution in [0.2, 0.25) is 0 Å². The Morgan fingerprint density at radius 2 is 2.14 bits per heavy atom. The van der Waals surface area contributed by atoms with Gasteiger partial charge in [-0.15, -0.1) is 0 Å². The summed E-state index contributed by atoms with van der Waals surface area (Å²) in [5, 5.41) is 12.9. The second-order valence-electron chi connectivity index (χ2n) is 4.93. The molecule has 1 aromatic rings. The molecule has 1 aliphatic heterocycles. The third-order valence-corrected chi connectivity index (χ3v) is 3.62. The monoisotopic (exact) mass is 290 g/mol. The molecule has 2 aliphatic rings. The Labute approximate surface area is 120 Å². The Bertz CT molecular complexity index is 729. The summed E-state index contributed by atoms with van der Waals surface area (Å²) in [6.45, 7) is 1.80. The first-order valence-corrected chi connectivity index (χ1v) is 6.34. The van der Waals surface area contributed by atoms with Crippen molar-refractivity contribution in [2.24, 2.45) is 18.0 Å². The first-order chi connectivity index (χ1) is 9.95. The highest BCUT2D eigenvalue weighted by Gasteiger charge is 2.44. The molecule has 0 saturated carbocycles. The van der Waals surface area contributed by atoms with Crippen LogP contribution >= 0.6 is 0 Å². The van der Waals surface area contributed by atoms with Gasteiger partial charge in [-0.05, 0) is 6.92 Å². The number of hydrogen-bond donors (Lipinski definition) is 2. The summed E-state index contributed by atoms with van der Waals surface area (Å²) >= 11 is 0. The number of hydrogen-bond acceptors (Lipinski definition) is 6. The van der Waals surface area contributed by atoms with Crippen LogP contribution < -0.4 is 5.32 Å². The zero-order valence-electron chi connectivity index (χ0n) is 11.8. The average Bonchev–Trinajstić information content (AvgIpc) is 2.73. The van der Waals surface area contributed by atoms with Crippen LogP contribution in [0.25, 0.3) is 5.76 Å². The molecular formula is C13H14N4O4. The Morgan fingerprint density at radius 1 is 1.43 bits per heavy atom. The maximum absolute atomic E-state index is 12.5. The Kier molecular flexibility index (Phi) is 2.91. The van der Waals surface area contributed by atoms with E-state index < -0.39 is 17.6 Å². The van der Waals surface area contributed by atoms with Gasteiger partial charge in [0, 0.05) is 14.2 Å². The number of imidazole rings is 1. The summed E-state index contributed by atoms with van der Waals surface area (Å²) in [5.41, 5.74) is 0.437. The van der Waals surface area contributed by atoms with Gasteiger partial charge in [-0.2, -0.15) is 0 Å². The maximum atomic E-state index is 12.5. The minimum atomic E-state index is -1.16. The number of fused-ring (bicyclic) bond motifs is 2. The molecule has 1 aromatic heterocycles. The number of aromatic nitrogens is 2. The Morgan fingerprint density at radius 3 is 2.81 bits per heavy atom. The standard InChI is InChI=1S/C13H14N4O4/c1-5-14-9-10(17(5)2)12(19)8-7(11(9)18)13(20)16-6(15-8)4-21-3/h7,19H,4H2,1-3H3,(H,15,16,20). The molecule has 110 valence electrons. The van der Waals surface area contributed by atoms with E-state index in [4.69, 9.17) is 4.74 Å². The van der Waals surface area contributed by atoms with Gasteiger partial charge in [0.1, 0.15) is 41.3 Å². The summed E-state index contributed by atoms with van der Waals surface area (Å²) in [7, 11) is 3.15. The molecule has 1 aliphatic carbocycles. The molecule has 0 spiro atoms. The van der Waals surface area contributed by atoms with E-state index in [2.05, 4.69) is 15.3 Å². The number of aliphatic hydroxyl groups is 1. The van der Waals surface area contributed by atoms with Gasteiger partial charge in [0.05, 0.1) is 0 Å². The number of amides is 1. The topological polar surface area (TPSA) is 106 Å². The van der Waals surface area contributed by atoms with E-state index in [1.807, 2.05) is 0 Å². The fraction of sp³-hybridized carbons (Fsp3) is 0.385. The smallest absolute Gasteiger partial charge is 0.242 e. The van der Waals surface area contributed by atoms with Crippen LogP contribution in [0.3, 0.4) is 0 Å². The molecule has 0 saturated heterocycles. The molecule has 1 unspecified atom stereocenters. The number of methoxy groups -OCH3 is 1. The lowest BCUT2D eigenvalue weighted by molar-refractivity contribution is -0.121. The molecular weight excluding hydrogens is 276 g/mol. The Hall–Kier alpha value is -2.48. The van der Waals surface area contributed by atoms with Crippen LogP contribution in [-0.2, 0) is 16.6 Å². The van der Waals surface area contributed by atoms with Gasteiger partial charge >= 0.3 is 0 Å². The number of carbonyl (C=O) groups is 2. The van der Waals surface area contributed by atoms with Crippen molar-refractivity contribution in [2.75, 3.05) is 13.7 Å². The third-order valence-electron chi connectivity index (χ3n) is 3.62. The van der Waals surface area contributed by atoms with Crippen LogP contribution in [0.4, 0.5) is 0 Å². The number of aliphatic imine (C=N–C) groups is 1. The predicted molar refractivity (Wildman–Crippen MR) is 72.8 cm³/mol. The average molecular weight is 290 g/mol. The minimum absolute atomic E-state index is 0.0475. The minimum Gasteiger partial charge on any atom is -0.504 e. The molecule has 0 fully saturated rings. The fourth-order valence-electron chi connectivity index (χ4n) is 2.53. The number of ether oxygens (including phenoxy) is 1. The summed E-state index contributed by atoms with van der Waals surface area (Å²) in [5.74, 6) is -1.51. The van der Waals surface area contributed by atoms with Gasteiger partial charge < -0.3 is 19.7 Å². The number of ketones is 1. The second-order valence-corrected chi connectivity index (χ2v) is 4.93. The number of nitrogens with one attached hydrogen (secondary N) is 1. The van der Waals surface area contributed by atoms with Crippen molar-refractivity contribution in [3.8, 4) is 0 Å². The first kappa shape index (κ1) is 13.5. The lowest BCUT2D eigenvalue weighted by Crippen LogP contribution is -2.47. The molecule has 1 amide bonds. The SMILES string of the molecule is COCC1=NC2=C(O)c3c(nc(C)n3C)C(=O)C2C(=O)N1. The number of nitrogens with zero attached hydrogens (tertiary/aromatic N) is 3. The molecule has 2 heterocycles. The number of rotatable bonds is 2. The molecule has 2 N–H and O–H groups in total. The number of amidine groups is 1. The van der Waals surface area contributed by atoms with E-state index in [0.717, 1.165) is 0 Å². The zero-order chi connectivity index (χ0) is 15.3. The maximum Gasteiger partial charge on any atom is 0.242 e. The molecule has 0 bridgehead atoms. The van der Waals surface area contributed by atoms with Crippen molar-refractivity contribution < 1.29 is 19.4 Å². The van der Waals surface area contributed by atoms with Gasteiger partial charge in [0.2, 0.25) is 11.7 Å². The first-order valence-electron chi connectivity index (χ1n) is 6.34. The summed E-state index contributed by atoms with van der Waals surface area (Å²) in [6, 6.07) is 0. The lowest BCUT2D eigenvalue weighted by Gasteiger charge is -2.26. The number of aryl methyl sites for hydroxylation is 1. The van der Waals surface area contributed by atoms with Crippen LogP contribution in [0.15, 0.2) is 10.7 Å². The lowest BCUT2D eigenvalue weighted by atomic mass is 9.88. The van der Waals surface area contributed by atoms with Crippen molar-refractivity contribution in [1.29, 1.82) is 0 Å². The zero-order valence-corrected chi connectivity index (χ0v) is 11.8. The third kappa shape index (κ3) is 1.79. The van der Waals surface area contributed by atoms with E-state index in [-0.39, 0.29) is 29.6 Å². The number of aliphatic hydroxyl groups excluding tert-OH is 1. The van der Waals surface area contributed by atoms with Gasteiger partial charge in [-0.25, -0.2) is 9.98 Å². The van der Waals surface area contributed by atoms with Gasteiger partial charge in [0.15, 0.2) is 5.76 Å². The van der Waals surface area contributed by atoms with E-state index in [0.29, 0.717) is 11.5 Å². The summed E-state index contributed by atoms with van der Waals surface area (Å²) in [4.78, 5) is 32.9. The predicted octanol–water partition coefficient (Wildman–Crippen LogP) is -0.0577. The van der Waals surface area contributed by atoms with Gasteiger partial charge in [0.25, 0.3) is 0 Å². The largest absolute Gasteiger partial charge is 0.504 e. The molecule has 8 nitrogen and oxygen atoms in total. The summed E-state index contributed by atoms with van der Waals surface area (Å²) in [6.07, 6.45) is 0. The highest BCUT2D eigenvalue weighted by molar-refractivity contribution is 6.20. The molecule has 3 rings (SSSR count). The van der Waals surface area contributed by atoms with Crippen LogP contribution in [-0.4, -0.2) is 45.9 Å². The number of carbonyl (C=O) groups excluding carboxylic acids is 2. The highest BCUT2D eigenvalue weighted by Crippen LogP contribution is 2.35. The van der Waals surface area contributed by atoms with E-state index in [1.54, 1.807) is 18.5 Å². The Balaban J connectivity index is 2.24. The van der Waals surface area contributed by atoms with Crippen LogP contribution in [0.5, 0.6) is 0 Å². The van der Waals surface area contributed by atoms with Crippen LogP contribution in [0.1, 0.15) is 22.0 Å². The van der Waals surface area contributed by atoms with E-state index in [1.165, 1.54) is 7.11 Å². The van der Waals surface area contributed by atoms with Crippen molar-refractivity contribution in [2.45, 2.75) is 6.92 Å². The molecule has 1 atom stereocenters. The quantitative estimate of drug-likeness (QED) is 0.742. The van der Waals surface area contributed by atoms with Crippen molar-refractivity contribution in [3.63, 3.8) is 0 Å². The van der Waals surface area contributed by atoms with E-state index in [9.17, 15) is 14.7 Å². The number of Topliss-reactive ketones (excluding diaryl/α,β-unsaturated/α-hetero) is 1.